The third-order valence-corrected chi connectivity index (χ3v) is 6.31. The number of hydrogen-bond acceptors (Lipinski definition) is 3. The van der Waals surface area contributed by atoms with Crippen LogP contribution in [-0.2, 0) is 10.0 Å². The summed E-state index contributed by atoms with van der Waals surface area (Å²) in [5.74, 6) is -0.392. The summed E-state index contributed by atoms with van der Waals surface area (Å²) in [6.07, 6.45) is 0. The second kappa shape index (κ2) is 6.53. The van der Waals surface area contributed by atoms with E-state index in [9.17, 15) is 12.8 Å². The second-order valence-corrected chi connectivity index (χ2v) is 8.09. The molecule has 1 aliphatic heterocycles. The van der Waals surface area contributed by atoms with Gasteiger partial charge in [0.15, 0.2) is 0 Å². The lowest BCUT2D eigenvalue weighted by Gasteiger charge is -2.40. The molecule has 0 saturated carbocycles. The van der Waals surface area contributed by atoms with Crippen LogP contribution < -0.4 is 4.90 Å². The molecule has 0 bridgehead atoms. The average molecular weight is 348 g/mol. The van der Waals surface area contributed by atoms with E-state index in [0.717, 1.165) is 5.69 Å². The zero-order valence-corrected chi connectivity index (χ0v) is 14.6. The van der Waals surface area contributed by atoms with Crippen molar-refractivity contribution in [3.8, 4) is 0 Å². The van der Waals surface area contributed by atoms with Crippen LogP contribution in [0.1, 0.15) is 12.5 Å². The van der Waals surface area contributed by atoms with Gasteiger partial charge in [-0.3, -0.25) is 0 Å². The van der Waals surface area contributed by atoms with Crippen LogP contribution in [0.2, 0.25) is 0 Å². The lowest BCUT2D eigenvalue weighted by molar-refractivity contribution is 0.342. The lowest BCUT2D eigenvalue weighted by Crippen LogP contribution is -2.53. The highest BCUT2D eigenvalue weighted by Gasteiger charge is 2.32. The maximum Gasteiger partial charge on any atom is 0.243 e. The SMILES string of the molecule is Cc1cc(S(=O)(=O)N2CCN(c3ccccc3)C(C)C2)ccc1F. The Bertz CT molecular complexity index is 824. The molecule has 0 radical (unpaired) electrons. The predicted molar refractivity (Wildman–Crippen MR) is 93.1 cm³/mol. The van der Waals surface area contributed by atoms with Crippen molar-refractivity contribution >= 4 is 15.7 Å². The molecule has 0 aliphatic carbocycles. The highest BCUT2D eigenvalue weighted by atomic mass is 32.2. The van der Waals surface area contributed by atoms with Crippen molar-refractivity contribution in [2.75, 3.05) is 24.5 Å². The van der Waals surface area contributed by atoms with Crippen molar-refractivity contribution in [2.45, 2.75) is 24.8 Å². The molecule has 128 valence electrons. The molecule has 1 fully saturated rings. The van der Waals surface area contributed by atoms with Crippen molar-refractivity contribution < 1.29 is 12.8 Å². The Kier molecular flexibility index (Phi) is 4.60. The van der Waals surface area contributed by atoms with Gasteiger partial charge in [0.2, 0.25) is 10.0 Å². The maximum atomic E-state index is 13.4. The topological polar surface area (TPSA) is 40.6 Å². The minimum atomic E-state index is -3.60. The number of sulfonamides is 1. The van der Waals surface area contributed by atoms with Gasteiger partial charge in [0.25, 0.3) is 0 Å². The normalized spacial score (nSPS) is 19.5. The number of nitrogens with zero attached hydrogens (tertiary/aromatic N) is 2. The molecule has 1 aliphatic rings. The first-order chi connectivity index (χ1) is 11.4. The molecule has 0 aromatic heterocycles. The molecule has 24 heavy (non-hydrogen) atoms. The van der Waals surface area contributed by atoms with Gasteiger partial charge in [-0.05, 0) is 49.7 Å². The zero-order valence-electron chi connectivity index (χ0n) is 13.8. The van der Waals surface area contributed by atoms with Crippen molar-refractivity contribution in [1.82, 2.24) is 4.31 Å². The maximum absolute atomic E-state index is 13.4. The van der Waals surface area contributed by atoms with E-state index in [4.69, 9.17) is 0 Å². The van der Waals surface area contributed by atoms with E-state index < -0.39 is 15.8 Å². The fourth-order valence-electron chi connectivity index (χ4n) is 3.07. The number of para-hydroxylation sites is 1. The molecule has 4 nitrogen and oxygen atoms in total. The molecule has 3 rings (SSSR count). The van der Waals surface area contributed by atoms with E-state index in [-0.39, 0.29) is 10.9 Å². The zero-order chi connectivity index (χ0) is 17.3. The van der Waals surface area contributed by atoms with Crippen LogP contribution in [0.3, 0.4) is 0 Å². The van der Waals surface area contributed by atoms with E-state index >= 15 is 0 Å². The Balaban J connectivity index is 1.80. The van der Waals surface area contributed by atoms with Crippen LogP contribution >= 0.6 is 0 Å². The predicted octanol–water partition coefficient (Wildman–Crippen LogP) is 3.03. The molecule has 0 amide bonds. The standard InChI is InChI=1S/C18H21FN2O2S/c1-14-12-17(8-9-18(14)19)24(22,23)20-10-11-21(15(2)13-20)16-6-4-3-5-7-16/h3-9,12,15H,10-11,13H2,1-2H3. The van der Waals surface area contributed by atoms with E-state index in [0.29, 0.717) is 25.2 Å². The van der Waals surface area contributed by atoms with Crippen LogP contribution in [0.4, 0.5) is 10.1 Å². The summed E-state index contributed by atoms with van der Waals surface area (Å²) in [5.41, 5.74) is 1.44. The number of benzene rings is 2. The van der Waals surface area contributed by atoms with Gasteiger partial charge in [-0.25, -0.2) is 12.8 Å². The van der Waals surface area contributed by atoms with E-state index in [1.807, 2.05) is 37.3 Å². The summed E-state index contributed by atoms with van der Waals surface area (Å²) in [4.78, 5) is 2.36. The Morgan fingerprint density at radius 3 is 2.42 bits per heavy atom. The highest BCUT2D eigenvalue weighted by molar-refractivity contribution is 7.89. The van der Waals surface area contributed by atoms with Gasteiger partial charge in [0.05, 0.1) is 4.90 Å². The highest BCUT2D eigenvalue weighted by Crippen LogP contribution is 2.25. The summed E-state index contributed by atoms with van der Waals surface area (Å²) in [7, 11) is -3.60. The number of aryl methyl sites for hydroxylation is 1. The van der Waals surface area contributed by atoms with Crippen molar-refractivity contribution in [1.29, 1.82) is 0 Å². The van der Waals surface area contributed by atoms with Gasteiger partial charge in [-0.15, -0.1) is 0 Å². The summed E-state index contributed by atoms with van der Waals surface area (Å²) >= 11 is 0. The van der Waals surface area contributed by atoms with Crippen LogP contribution in [-0.4, -0.2) is 38.4 Å². The molecule has 0 N–H and O–H groups in total. The first-order valence-electron chi connectivity index (χ1n) is 7.97. The van der Waals surface area contributed by atoms with E-state index in [1.165, 1.54) is 22.5 Å². The first kappa shape index (κ1) is 16.9. The largest absolute Gasteiger partial charge is 0.366 e. The molecular formula is C18H21FN2O2S. The number of halogens is 1. The van der Waals surface area contributed by atoms with Crippen LogP contribution in [0.25, 0.3) is 0 Å². The number of anilines is 1. The Labute approximate surface area is 142 Å². The molecule has 6 heteroatoms. The number of hydrogen-bond donors (Lipinski definition) is 0. The van der Waals surface area contributed by atoms with Gasteiger partial charge < -0.3 is 4.90 Å². The summed E-state index contributed by atoms with van der Waals surface area (Å²) in [6.45, 7) is 5.05. The van der Waals surface area contributed by atoms with Crippen LogP contribution in [0, 0.1) is 12.7 Å². The van der Waals surface area contributed by atoms with Crippen molar-refractivity contribution in [3.05, 3.63) is 59.9 Å². The van der Waals surface area contributed by atoms with Gasteiger partial charge >= 0.3 is 0 Å². The lowest BCUT2D eigenvalue weighted by atomic mass is 10.2. The summed E-state index contributed by atoms with van der Waals surface area (Å²) < 4.78 is 40.6. The Hall–Kier alpha value is -1.92. The number of piperazine rings is 1. The fourth-order valence-corrected chi connectivity index (χ4v) is 4.67. The van der Waals surface area contributed by atoms with Crippen molar-refractivity contribution in [3.63, 3.8) is 0 Å². The minimum Gasteiger partial charge on any atom is -0.366 e. The molecule has 2 aromatic rings. The van der Waals surface area contributed by atoms with Crippen molar-refractivity contribution in [2.24, 2.45) is 0 Å². The van der Waals surface area contributed by atoms with Gasteiger partial charge in [0.1, 0.15) is 5.82 Å². The molecule has 1 heterocycles. The van der Waals surface area contributed by atoms with Gasteiger partial charge in [-0.1, -0.05) is 18.2 Å². The van der Waals surface area contributed by atoms with Gasteiger partial charge in [0, 0.05) is 31.4 Å². The summed E-state index contributed by atoms with van der Waals surface area (Å²) in [6, 6.07) is 14.0. The molecule has 1 unspecified atom stereocenters. The third kappa shape index (κ3) is 3.16. The Morgan fingerprint density at radius 1 is 1.08 bits per heavy atom. The summed E-state index contributed by atoms with van der Waals surface area (Å²) in [5, 5.41) is 0. The average Bonchev–Trinajstić information content (AvgIpc) is 2.58. The van der Waals surface area contributed by atoms with E-state index in [2.05, 4.69) is 4.90 Å². The van der Waals surface area contributed by atoms with Gasteiger partial charge in [-0.2, -0.15) is 4.31 Å². The first-order valence-corrected chi connectivity index (χ1v) is 9.41. The molecule has 0 spiro atoms. The second-order valence-electron chi connectivity index (χ2n) is 6.15. The molecule has 1 saturated heterocycles. The molecule has 2 aromatic carbocycles. The van der Waals surface area contributed by atoms with Crippen LogP contribution in [0.5, 0.6) is 0 Å². The smallest absolute Gasteiger partial charge is 0.243 e. The number of rotatable bonds is 3. The Morgan fingerprint density at radius 2 is 1.79 bits per heavy atom. The third-order valence-electron chi connectivity index (χ3n) is 4.45. The monoisotopic (exact) mass is 348 g/mol. The van der Waals surface area contributed by atoms with E-state index in [1.54, 1.807) is 6.92 Å². The minimum absolute atomic E-state index is 0.0671. The molecule has 1 atom stereocenters. The van der Waals surface area contributed by atoms with Crippen LogP contribution in [0.15, 0.2) is 53.4 Å². The fraction of sp³-hybridized carbons (Fsp3) is 0.333. The molecular weight excluding hydrogens is 327 g/mol. The quantitative estimate of drug-likeness (QED) is 0.856.